The zero-order chi connectivity index (χ0) is 16.9. The third-order valence-electron chi connectivity index (χ3n) is 3.83. The van der Waals surface area contributed by atoms with Gasteiger partial charge in [-0.15, -0.1) is 0 Å². The Morgan fingerprint density at radius 3 is 2.71 bits per heavy atom. The summed E-state index contributed by atoms with van der Waals surface area (Å²) >= 11 is 0. The van der Waals surface area contributed by atoms with Gasteiger partial charge in [-0.3, -0.25) is 4.79 Å². The SMILES string of the molecule is COc1c(C(=O)NCCCc2ccccc2F)oc2ccccc12. The maximum atomic E-state index is 13.5. The molecule has 0 aliphatic carbocycles. The monoisotopic (exact) mass is 327 g/mol. The van der Waals surface area contributed by atoms with Crippen LogP contribution in [0.4, 0.5) is 4.39 Å². The molecule has 0 saturated heterocycles. The van der Waals surface area contributed by atoms with E-state index in [2.05, 4.69) is 5.32 Å². The number of carbonyl (C=O) groups excluding carboxylic acids is 1. The summed E-state index contributed by atoms with van der Waals surface area (Å²) < 4.78 is 24.4. The second kappa shape index (κ2) is 7.17. The highest BCUT2D eigenvalue weighted by Crippen LogP contribution is 2.32. The van der Waals surface area contributed by atoms with E-state index in [0.717, 1.165) is 5.39 Å². The third-order valence-corrected chi connectivity index (χ3v) is 3.83. The average Bonchev–Trinajstić information content (AvgIpc) is 2.98. The van der Waals surface area contributed by atoms with E-state index in [-0.39, 0.29) is 17.5 Å². The van der Waals surface area contributed by atoms with E-state index in [4.69, 9.17) is 9.15 Å². The van der Waals surface area contributed by atoms with Gasteiger partial charge in [-0.25, -0.2) is 4.39 Å². The standard InChI is InChI=1S/C19H18FNO3/c1-23-17-14-9-3-5-11-16(14)24-18(17)19(22)21-12-6-8-13-7-2-4-10-15(13)20/h2-5,7,9-11H,6,8,12H2,1H3,(H,21,22). The van der Waals surface area contributed by atoms with Crippen molar-refractivity contribution in [3.63, 3.8) is 0 Å². The molecule has 0 atom stereocenters. The second-order valence-electron chi connectivity index (χ2n) is 5.41. The molecule has 1 amide bonds. The number of halogens is 1. The van der Waals surface area contributed by atoms with Crippen molar-refractivity contribution < 1.29 is 18.3 Å². The van der Waals surface area contributed by atoms with E-state index in [1.165, 1.54) is 13.2 Å². The molecule has 124 valence electrons. The minimum absolute atomic E-state index is 0.157. The van der Waals surface area contributed by atoms with Crippen LogP contribution in [-0.4, -0.2) is 19.6 Å². The number of furan rings is 1. The van der Waals surface area contributed by atoms with Crippen LogP contribution in [0.3, 0.4) is 0 Å². The van der Waals surface area contributed by atoms with E-state index in [1.807, 2.05) is 18.2 Å². The largest absolute Gasteiger partial charge is 0.492 e. The van der Waals surface area contributed by atoms with E-state index < -0.39 is 0 Å². The Bertz CT molecular complexity index is 857. The molecule has 1 N–H and O–H groups in total. The van der Waals surface area contributed by atoms with Crippen molar-refractivity contribution >= 4 is 16.9 Å². The van der Waals surface area contributed by atoms with Crippen molar-refractivity contribution in [2.24, 2.45) is 0 Å². The number of hydrogen-bond acceptors (Lipinski definition) is 3. The van der Waals surface area contributed by atoms with Crippen LogP contribution in [0.1, 0.15) is 22.5 Å². The number of ether oxygens (including phenoxy) is 1. The van der Waals surface area contributed by atoms with Crippen molar-refractivity contribution in [1.82, 2.24) is 5.32 Å². The number of amides is 1. The fraction of sp³-hybridized carbons (Fsp3) is 0.211. The molecule has 2 aromatic carbocycles. The van der Waals surface area contributed by atoms with Crippen molar-refractivity contribution in [1.29, 1.82) is 0 Å². The zero-order valence-electron chi connectivity index (χ0n) is 13.3. The van der Waals surface area contributed by atoms with Gasteiger partial charge < -0.3 is 14.5 Å². The Morgan fingerprint density at radius 2 is 1.92 bits per heavy atom. The number of para-hydroxylation sites is 1. The van der Waals surface area contributed by atoms with Gasteiger partial charge in [0.15, 0.2) is 5.75 Å². The van der Waals surface area contributed by atoms with E-state index in [0.29, 0.717) is 36.3 Å². The van der Waals surface area contributed by atoms with Crippen molar-refractivity contribution in [3.05, 3.63) is 65.7 Å². The molecule has 0 bridgehead atoms. The fourth-order valence-corrected chi connectivity index (χ4v) is 2.64. The fourth-order valence-electron chi connectivity index (χ4n) is 2.64. The highest BCUT2D eigenvalue weighted by molar-refractivity contribution is 6.01. The first-order valence-electron chi connectivity index (χ1n) is 7.78. The number of nitrogens with one attached hydrogen (secondary N) is 1. The number of fused-ring (bicyclic) bond motifs is 1. The first-order valence-corrected chi connectivity index (χ1v) is 7.78. The summed E-state index contributed by atoms with van der Waals surface area (Å²) in [7, 11) is 1.51. The first kappa shape index (κ1) is 16.1. The lowest BCUT2D eigenvalue weighted by Gasteiger charge is -2.05. The Hall–Kier alpha value is -2.82. The van der Waals surface area contributed by atoms with Crippen molar-refractivity contribution in [3.8, 4) is 5.75 Å². The Morgan fingerprint density at radius 1 is 1.17 bits per heavy atom. The normalized spacial score (nSPS) is 10.8. The quantitative estimate of drug-likeness (QED) is 0.698. The lowest BCUT2D eigenvalue weighted by atomic mass is 10.1. The number of hydrogen-bond donors (Lipinski definition) is 1. The molecule has 0 spiro atoms. The number of carbonyl (C=O) groups is 1. The van der Waals surface area contributed by atoms with Gasteiger partial charge in [0.05, 0.1) is 12.5 Å². The van der Waals surface area contributed by atoms with Crippen LogP contribution < -0.4 is 10.1 Å². The summed E-state index contributed by atoms with van der Waals surface area (Å²) in [5.74, 6) is 0.0289. The van der Waals surface area contributed by atoms with Gasteiger partial charge in [0.2, 0.25) is 5.76 Å². The minimum Gasteiger partial charge on any atom is -0.492 e. The molecule has 4 nitrogen and oxygen atoms in total. The van der Waals surface area contributed by atoms with Crippen LogP contribution in [-0.2, 0) is 6.42 Å². The average molecular weight is 327 g/mol. The molecule has 0 fully saturated rings. The molecular formula is C19H18FNO3. The van der Waals surface area contributed by atoms with Crippen molar-refractivity contribution in [2.45, 2.75) is 12.8 Å². The maximum Gasteiger partial charge on any atom is 0.290 e. The summed E-state index contributed by atoms with van der Waals surface area (Å²) in [5.41, 5.74) is 1.25. The lowest BCUT2D eigenvalue weighted by molar-refractivity contribution is 0.0923. The van der Waals surface area contributed by atoms with Gasteiger partial charge in [-0.05, 0) is 36.6 Å². The predicted octanol–water partition coefficient (Wildman–Crippen LogP) is 3.94. The van der Waals surface area contributed by atoms with Crippen LogP contribution >= 0.6 is 0 Å². The zero-order valence-corrected chi connectivity index (χ0v) is 13.3. The Labute approximate surface area is 139 Å². The van der Waals surface area contributed by atoms with Crippen molar-refractivity contribution in [2.75, 3.05) is 13.7 Å². The van der Waals surface area contributed by atoms with Gasteiger partial charge >= 0.3 is 0 Å². The number of rotatable bonds is 6. The predicted molar refractivity (Wildman–Crippen MR) is 89.8 cm³/mol. The number of methoxy groups -OCH3 is 1. The molecule has 24 heavy (non-hydrogen) atoms. The van der Waals surface area contributed by atoms with Crippen LogP contribution in [0.25, 0.3) is 11.0 Å². The van der Waals surface area contributed by atoms with Gasteiger partial charge in [0.1, 0.15) is 11.4 Å². The molecule has 3 rings (SSSR count). The highest BCUT2D eigenvalue weighted by atomic mass is 19.1. The summed E-state index contributed by atoms with van der Waals surface area (Å²) in [6, 6.07) is 14.0. The van der Waals surface area contributed by atoms with Crippen LogP contribution in [0, 0.1) is 5.82 Å². The Balaban J connectivity index is 1.62. The molecule has 1 heterocycles. The molecule has 0 saturated carbocycles. The topological polar surface area (TPSA) is 51.5 Å². The van der Waals surface area contributed by atoms with Crippen LogP contribution in [0.15, 0.2) is 52.9 Å². The van der Waals surface area contributed by atoms with Gasteiger partial charge in [0, 0.05) is 6.54 Å². The van der Waals surface area contributed by atoms with Crippen LogP contribution in [0.5, 0.6) is 5.75 Å². The molecular weight excluding hydrogens is 309 g/mol. The van der Waals surface area contributed by atoms with Gasteiger partial charge in [-0.1, -0.05) is 30.3 Å². The third kappa shape index (κ3) is 3.25. The summed E-state index contributed by atoms with van der Waals surface area (Å²) in [6.07, 6.45) is 1.19. The lowest BCUT2D eigenvalue weighted by Crippen LogP contribution is -2.24. The summed E-state index contributed by atoms with van der Waals surface area (Å²) in [6.45, 7) is 0.424. The molecule has 1 aromatic heterocycles. The molecule has 0 radical (unpaired) electrons. The van der Waals surface area contributed by atoms with E-state index in [9.17, 15) is 9.18 Å². The minimum atomic E-state index is -0.336. The molecule has 0 aliphatic heterocycles. The molecule has 0 unspecified atom stereocenters. The molecule has 3 aromatic rings. The molecule has 5 heteroatoms. The van der Waals surface area contributed by atoms with Gasteiger partial charge in [0.25, 0.3) is 5.91 Å². The molecule has 0 aliphatic rings. The van der Waals surface area contributed by atoms with Crippen LogP contribution in [0.2, 0.25) is 0 Å². The first-order chi connectivity index (χ1) is 11.7. The van der Waals surface area contributed by atoms with E-state index in [1.54, 1.807) is 24.3 Å². The van der Waals surface area contributed by atoms with Gasteiger partial charge in [-0.2, -0.15) is 0 Å². The number of benzene rings is 2. The summed E-state index contributed by atoms with van der Waals surface area (Å²) in [5, 5.41) is 3.55. The Kier molecular flexibility index (Phi) is 4.79. The maximum absolute atomic E-state index is 13.5. The van der Waals surface area contributed by atoms with E-state index >= 15 is 0 Å². The second-order valence-corrected chi connectivity index (χ2v) is 5.41. The smallest absolute Gasteiger partial charge is 0.290 e. The summed E-state index contributed by atoms with van der Waals surface area (Å²) in [4.78, 5) is 12.3. The highest BCUT2D eigenvalue weighted by Gasteiger charge is 2.20. The number of aryl methyl sites for hydroxylation is 1.